The zero-order chi connectivity index (χ0) is 14.0. The van der Waals surface area contributed by atoms with Gasteiger partial charge in [-0.15, -0.1) is 0 Å². The number of carbonyl (C=O) groups is 1. The Morgan fingerprint density at radius 3 is 2.42 bits per heavy atom. The molecule has 2 aromatic rings. The zero-order valence-corrected chi connectivity index (χ0v) is 11.9. The second-order valence-electron chi connectivity index (χ2n) is 4.34. The molecule has 0 aliphatic carbocycles. The van der Waals surface area contributed by atoms with Crippen molar-refractivity contribution in [3.8, 4) is 5.75 Å². The van der Waals surface area contributed by atoms with Crippen LogP contribution in [0.1, 0.15) is 21.7 Å². The van der Waals surface area contributed by atoms with Gasteiger partial charge >= 0.3 is 0 Å². The number of aryl methyl sites for hydroxylation is 1. The van der Waals surface area contributed by atoms with E-state index in [0.29, 0.717) is 10.8 Å². The van der Waals surface area contributed by atoms with Crippen LogP contribution in [0.3, 0.4) is 0 Å². The molecule has 0 aliphatic heterocycles. The fourth-order valence-corrected chi connectivity index (χ4v) is 1.83. The molecule has 0 saturated heterocycles. The Labute approximate surface area is 116 Å². The molecule has 0 fully saturated rings. The molecule has 0 aliphatic rings. The summed E-state index contributed by atoms with van der Waals surface area (Å²) in [4.78, 5) is 12.0. The fraction of sp³-hybridized carbons (Fsp3) is 0.286. The van der Waals surface area contributed by atoms with Crippen molar-refractivity contribution in [2.75, 3.05) is 6.61 Å². The lowest BCUT2D eigenvalue weighted by atomic mass is 10.2. The van der Waals surface area contributed by atoms with E-state index in [4.69, 9.17) is 16.3 Å². The average Bonchev–Trinajstić information content (AvgIpc) is 2.65. The van der Waals surface area contributed by atoms with Crippen LogP contribution in [0.15, 0.2) is 24.3 Å². The number of hydrogen-bond acceptors (Lipinski definition) is 3. The van der Waals surface area contributed by atoms with E-state index in [0.717, 1.165) is 17.0 Å². The number of hydrogen-bond donors (Lipinski definition) is 0. The van der Waals surface area contributed by atoms with Crippen LogP contribution in [0.25, 0.3) is 0 Å². The van der Waals surface area contributed by atoms with E-state index in [1.807, 2.05) is 20.8 Å². The Morgan fingerprint density at radius 1 is 1.26 bits per heavy atom. The number of rotatable bonds is 3. The standard InChI is InChI=1S/C14H15ClN2O2/c1-9-10(2)16-17(11(9)3)14(18)8-19-13-6-4-12(15)5-7-13/h4-7H,8H2,1-3H3. The third kappa shape index (κ3) is 2.96. The fourth-order valence-electron chi connectivity index (χ4n) is 1.70. The number of carbonyl (C=O) groups excluding carboxylic acids is 1. The van der Waals surface area contributed by atoms with Gasteiger partial charge in [-0.3, -0.25) is 4.79 Å². The topological polar surface area (TPSA) is 44.1 Å². The minimum atomic E-state index is -0.191. The molecule has 0 N–H and O–H groups in total. The highest BCUT2D eigenvalue weighted by Gasteiger charge is 2.14. The summed E-state index contributed by atoms with van der Waals surface area (Å²) in [6.45, 7) is 5.65. The van der Waals surface area contributed by atoms with Gasteiger partial charge in [0.15, 0.2) is 6.61 Å². The predicted molar refractivity (Wildman–Crippen MR) is 74.0 cm³/mol. The molecule has 1 heterocycles. The monoisotopic (exact) mass is 278 g/mol. The van der Waals surface area contributed by atoms with Crippen LogP contribution in [0.5, 0.6) is 5.75 Å². The summed E-state index contributed by atoms with van der Waals surface area (Å²) in [5.74, 6) is 0.416. The van der Waals surface area contributed by atoms with Gasteiger partial charge in [0, 0.05) is 10.7 Å². The van der Waals surface area contributed by atoms with Crippen molar-refractivity contribution in [1.82, 2.24) is 9.78 Å². The van der Waals surface area contributed by atoms with Gasteiger partial charge in [0.25, 0.3) is 5.91 Å². The Kier molecular flexibility index (Phi) is 3.90. The third-order valence-corrected chi connectivity index (χ3v) is 3.32. The summed E-state index contributed by atoms with van der Waals surface area (Å²) >= 11 is 5.77. The first-order valence-corrected chi connectivity index (χ1v) is 6.31. The van der Waals surface area contributed by atoms with Gasteiger partial charge in [-0.1, -0.05) is 11.6 Å². The average molecular weight is 279 g/mol. The minimum Gasteiger partial charge on any atom is -0.484 e. The number of ether oxygens (including phenoxy) is 1. The SMILES string of the molecule is Cc1nn(C(=O)COc2ccc(Cl)cc2)c(C)c1C. The lowest BCUT2D eigenvalue weighted by Gasteiger charge is -2.06. The molecule has 0 radical (unpaired) electrons. The molecule has 1 aromatic heterocycles. The molecule has 0 bridgehead atoms. The van der Waals surface area contributed by atoms with Crippen LogP contribution in [0.4, 0.5) is 0 Å². The van der Waals surface area contributed by atoms with Crippen molar-refractivity contribution in [1.29, 1.82) is 0 Å². The molecule has 100 valence electrons. The van der Waals surface area contributed by atoms with Gasteiger partial charge in [0.05, 0.1) is 5.69 Å². The molecular weight excluding hydrogens is 264 g/mol. The third-order valence-electron chi connectivity index (χ3n) is 3.07. The normalized spacial score (nSPS) is 10.5. The van der Waals surface area contributed by atoms with Gasteiger partial charge in [-0.2, -0.15) is 5.10 Å². The van der Waals surface area contributed by atoms with Gasteiger partial charge in [-0.05, 0) is 50.6 Å². The van der Waals surface area contributed by atoms with E-state index >= 15 is 0 Å². The molecule has 1 aromatic carbocycles. The van der Waals surface area contributed by atoms with Crippen LogP contribution >= 0.6 is 11.6 Å². The van der Waals surface area contributed by atoms with Crippen molar-refractivity contribution >= 4 is 17.5 Å². The van der Waals surface area contributed by atoms with E-state index < -0.39 is 0 Å². The molecule has 0 saturated carbocycles. The van der Waals surface area contributed by atoms with Crippen molar-refractivity contribution in [3.63, 3.8) is 0 Å². The van der Waals surface area contributed by atoms with Crippen LogP contribution in [0.2, 0.25) is 5.02 Å². The summed E-state index contributed by atoms with van der Waals surface area (Å²) in [6, 6.07) is 6.88. The molecule has 0 amide bonds. The summed E-state index contributed by atoms with van der Waals surface area (Å²) in [7, 11) is 0. The lowest BCUT2D eigenvalue weighted by Crippen LogP contribution is -2.21. The highest BCUT2D eigenvalue weighted by atomic mass is 35.5. The van der Waals surface area contributed by atoms with E-state index in [1.165, 1.54) is 4.68 Å². The van der Waals surface area contributed by atoms with Crippen molar-refractivity contribution in [2.24, 2.45) is 0 Å². The van der Waals surface area contributed by atoms with Crippen molar-refractivity contribution < 1.29 is 9.53 Å². The quantitative estimate of drug-likeness (QED) is 0.866. The molecule has 2 rings (SSSR count). The summed E-state index contributed by atoms with van der Waals surface area (Å²) in [5.41, 5.74) is 2.74. The largest absolute Gasteiger partial charge is 0.484 e. The van der Waals surface area contributed by atoms with E-state index in [9.17, 15) is 4.79 Å². The first kappa shape index (κ1) is 13.6. The number of aromatic nitrogens is 2. The van der Waals surface area contributed by atoms with Crippen molar-refractivity contribution in [2.45, 2.75) is 20.8 Å². The summed E-state index contributed by atoms with van der Waals surface area (Å²) in [5, 5.41) is 4.83. The molecule has 0 unspecified atom stereocenters. The van der Waals surface area contributed by atoms with Crippen molar-refractivity contribution in [3.05, 3.63) is 46.2 Å². The highest BCUT2D eigenvalue weighted by Crippen LogP contribution is 2.16. The Balaban J connectivity index is 2.05. The van der Waals surface area contributed by atoms with Crippen LogP contribution < -0.4 is 4.74 Å². The molecule has 4 nitrogen and oxygen atoms in total. The first-order valence-electron chi connectivity index (χ1n) is 5.93. The minimum absolute atomic E-state index is 0.0525. The Bertz CT molecular complexity index is 603. The van der Waals surface area contributed by atoms with Crippen LogP contribution in [0, 0.1) is 20.8 Å². The Hall–Kier alpha value is -1.81. The lowest BCUT2D eigenvalue weighted by molar-refractivity contribution is 0.0818. The maximum Gasteiger partial charge on any atom is 0.284 e. The van der Waals surface area contributed by atoms with E-state index in [1.54, 1.807) is 24.3 Å². The highest BCUT2D eigenvalue weighted by molar-refractivity contribution is 6.30. The second kappa shape index (κ2) is 5.45. The van der Waals surface area contributed by atoms with Gasteiger partial charge < -0.3 is 4.74 Å². The Morgan fingerprint density at radius 2 is 1.89 bits per heavy atom. The zero-order valence-electron chi connectivity index (χ0n) is 11.1. The van der Waals surface area contributed by atoms with Gasteiger partial charge in [0.2, 0.25) is 0 Å². The van der Waals surface area contributed by atoms with Crippen LogP contribution in [-0.4, -0.2) is 22.3 Å². The number of halogens is 1. The molecular formula is C14H15ClN2O2. The van der Waals surface area contributed by atoms with Crippen LogP contribution in [-0.2, 0) is 0 Å². The molecule has 0 atom stereocenters. The van der Waals surface area contributed by atoms with E-state index in [2.05, 4.69) is 5.10 Å². The maximum absolute atomic E-state index is 12.0. The molecule has 19 heavy (non-hydrogen) atoms. The van der Waals surface area contributed by atoms with Gasteiger partial charge in [-0.25, -0.2) is 4.68 Å². The first-order chi connectivity index (χ1) is 8.99. The predicted octanol–water partition coefficient (Wildman–Crippen LogP) is 3.18. The number of benzene rings is 1. The number of nitrogens with zero attached hydrogens (tertiary/aromatic N) is 2. The smallest absolute Gasteiger partial charge is 0.284 e. The van der Waals surface area contributed by atoms with Gasteiger partial charge in [0.1, 0.15) is 5.75 Å². The summed E-state index contributed by atoms with van der Waals surface area (Å²) < 4.78 is 6.80. The second-order valence-corrected chi connectivity index (χ2v) is 4.78. The summed E-state index contributed by atoms with van der Waals surface area (Å²) in [6.07, 6.45) is 0. The molecule has 5 heteroatoms. The van der Waals surface area contributed by atoms with E-state index in [-0.39, 0.29) is 12.5 Å². The maximum atomic E-state index is 12.0. The molecule has 0 spiro atoms.